The molecule has 0 aliphatic heterocycles. The topological polar surface area (TPSA) is 95.3 Å². The van der Waals surface area contributed by atoms with Gasteiger partial charge in [0.2, 0.25) is 0 Å². The Bertz CT molecular complexity index is 638. The lowest BCUT2D eigenvalue weighted by Crippen LogP contribution is -2.39. The van der Waals surface area contributed by atoms with Gasteiger partial charge in [-0.3, -0.25) is 0 Å². The summed E-state index contributed by atoms with van der Waals surface area (Å²) in [6.45, 7) is 0. The standard InChI is InChI=1S/C13H13N3O3/c17-8-5-7(6-8)14-11-9-3-1-2-4-10(9)15-16-12(11)13(18)19/h1-4,7-8,17H,5-6H2,(H,14,15)(H,18,19). The number of nitrogens with zero attached hydrogens (tertiary/aromatic N) is 2. The SMILES string of the molecule is O=C(O)c1nnc2ccccc2c1NC1CC(O)C1. The number of rotatable bonds is 3. The predicted octanol–water partition coefficient (Wildman–Crippen LogP) is 1.26. The summed E-state index contributed by atoms with van der Waals surface area (Å²) in [4.78, 5) is 11.2. The molecule has 0 spiro atoms. The van der Waals surface area contributed by atoms with Gasteiger partial charge < -0.3 is 15.5 Å². The van der Waals surface area contributed by atoms with Crippen LogP contribution in [0.15, 0.2) is 24.3 Å². The van der Waals surface area contributed by atoms with E-state index in [2.05, 4.69) is 15.5 Å². The number of anilines is 1. The van der Waals surface area contributed by atoms with E-state index in [4.69, 9.17) is 0 Å². The molecule has 1 heterocycles. The highest BCUT2D eigenvalue weighted by Crippen LogP contribution is 2.29. The second-order valence-electron chi connectivity index (χ2n) is 4.71. The van der Waals surface area contributed by atoms with Crippen molar-refractivity contribution in [3.63, 3.8) is 0 Å². The Balaban J connectivity index is 2.06. The lowest BCUT2D eigenvalue weighted by molar-refractivity contribution is 0.0690. The van der Waals surface area contributed by atoms with Crippen LogP contribution in [0.2, 0.25) is 0 Å². The largest absolute Gasteiger partial charge is 0.476 e. The predicted molar refractivity (Wildman–Crippen MR) is 69.1 cm³/mol. The number of aromatic nitrogens is 2. The fourth-order valence-electron chi connectivity index (χ4n) is 2.26. The fourth-order valence-corrected chi connectivity index (χ4v) is 2.26. The average molecular weight is 259 g/mol. The van der Waals surface area contributed by atoms with E-state index < -0.39 is 5.97 Å². The zero-order valence-electron chi connectivity index (χ0n) is 10.1. The molecular formula is C13H13N3O3. The van der Waals surface area contributed by atoms with Crippen LogP contribution < -0.4 is 5.32 Å². The van der Waals surface area contributed by atoms with Gasteiger partial charge in [-0.25, -0.2) is 4.79 Å². The number of aromatic carboxylic acids is 1. The maximum Gasteiger partial charge on any atom is 0.358 e. The number of fused-ring (bicyclic) bond motifs is 1. The molecule has 3 N–H and O–H groups in total. The second-order valence-corrected chi connectivity index (χ2v) is 4.71. The highest BCUT2D eigenvalue weighted by molar-refractivity contribution is 6.02. The Hall–Kier alpha value is -2.21. The van der Waals surface area contributed by atoms with Crippen LogP contribution in [-0.4, -0.2) is 38.5 Å². The zero-order valence-corrected chi connectivity index (χ0v) is 10.1. The minimum atomic E-state index is -1.11. The minimum Gasteiger partial charge on any atom is -0.476 e. The van der Waals surface area contributed by atoms with Gasteiger partial charge in [-0.15, -0.1) is 10.2 Å². The summed E-state index contributed by atoms with van der Waals surface area (Å²) in [7, 11) is 0. The van der Waals surface area contributed by atoms with Crippen LogP contribution in [0.4, 0.5) is 5.69 Å². The summed E-state index contributed by atoms with van der Waals surface area (Å²) in [6, 6.07) is 7.34. The van der Waals surface area contributed by atoms with E-state index in [0.29, 0.717) is 24.0 Å². The molecular weight excluding hydrogens is 246 g/mol. The van der Waals surface area contributed by atoms with E-state index in [1.807, 2.05) is 18.2 Å². The Labute approximate surface area is 109 Å². The molecule has 1 aromatic heterocycles. The number of aliphatic hydroxyl groups excluding tert-OH is 1. The van der Waals surface area contributed by atoms with Crippen molar-refractivity contribution in [3.05, 3.63) is 30.0 Å². The number of carbonyl (C=O) groups is 1. The van der Waals surface area contributed by atoms with Gasteiger partial charge >= 0.3 is 5.97 Å². The highest BCUT2D eigenvalue weighted by atomic mass is 16.4. The Kier molecular flexibility index (Phi) is 2.79. The Morgan fingerprint density at radius 2 is 2.00 bits per heavy atom. The highest BCUT2D eigenvalue weighted by Gasteiger charge is 2.29. The van der Waals surface area contributed by atoms with Gasteiger partial charge in [0.25, 0.3) is 0 Å². The van der Waals surface area contributed by atoms with E-state index in [-0.39, 0.29) is 17.8 Å². The summed E-state index contributed by atoms with van der Waals surface area (Å²) in [5.74, 6) is -1.11. The molecule has 0 amide bonds. The lowest BCUT2D eigenvalue weighted by Gasteiger charge is -2.33. The maximum atomic E-state index is 11.2. The number of carboxylic acid groups (broad SMARTS) is 1. The molecule has 19 heavy (non-hydrogen) atoms. The Morgan fingerprint density at radius 1 is 1.26 bits per heavy atom. The van der Waals surface area contributed by atoms with Gasteiger partial charge in [0.15, 0.2) is 5.69 Å². The third-order valence-corrected chi connectivity index (χ3v) is 3.33. The normalized spacial score (nSPS) is 21.9. The third-order valence-electron chi connectivity index (χ3n) is 3.33. The van der Waals surface area contributed by atoms with Crippen LogP contribution in [0, 0.1) is 0 Å². The molecule has 1 fully saturated rings. The molecule has 1 aliphatic carbocycles. The number of hydrogen-bond acceptors (Lipinski definition) is 5. The maximum absolute atomic E-state index is 11.2. The van der Waals surface area contributed by atoms with Crippen molar-refractivity contribution in [3.8, 4) is 0 Å². The number of carboxylic acids is 1. The van der Waals surface area contributed by atoms with E-state index in [1.165, 1.54) is 0 Å². The van der Waals surface area contributed by atoms with Crippen LogP contribution in [0.3, 0.4) is 0 Å². The van der Waals surface area contributed by atoms with Crippen molar-refractivity contribution in [1.29, 1.82) is 0 Å². The van der Waals surface area contributed by atoms with Crippen molar-refractivity contribution in [2.75, 3.05) is 5.32 Å². The first-order valence-corrected chi connectivity index (χ1v) is 6.08. The molecule has 0 unspecified atom stereocenters. The molecule has 0 atom stereocenters. The molecule has 2 aromatic rings. The lowest BCUT2D eigenvalue weighted by atomic mass is 9.89. The van der Waals surface area contributed by atoms with Gasteiger partial charge in [0.1, 0.15) is 0 Å². The summed E-state index contributed by atoms with van der Waals surface area (Å²) in [6.07, 6.45) is 0.942. The molecule has 6 nitrogen and oxygen atoms in total. The van der Waals surface area contributed by atoms with Crippen LogP contribution in [0.1, 0.15) is 23.3 Å². The number of aliphatic hydroxyl groups is 1. The molecule has 0 bridgehead atoms. The summed E-state index contributed by atoms with van der Waals surface area (Å²) in [5.41, 5.74) is 1.05. The zero-order chi connectivity index (χ0) is 13.4. The molecule has 98 valence electrons. The van der Waals surface area contributed by atoms with Crippen LogP contribution in [-0.2, 0) is 0 Å². The van der Waals surface area contributed by atoms with E-state index in [0.717, 1.165) is 5.39 Å². The summed E-state index contributed by atoms with van der Waals surface area (Å²) >= 11 is 0. The molecule has 0 radical (unpaired) electrons. The van der Waals surface area contributed by atoms with Crippen LogP contribution >= 0.6 is 0 Å². The molecule has 0 saturated heterocycles. The van der Waals surface area contributed by atoms with Crippen molar-refractivity contribution in [2.45, 2.75) is 25.0 Å². The number of hydrogen-bond donors (Lipinski definition) is 3. The second kappa shape index (κ2) is 4.47. The van der Waals surface area contributed by atoms with Crippen molar-refractivity contribution < 1.29 is 15.0 Å². The average Bonchev–Trinajstić information content (AvgIpc) is 2.36. The summed E-state index contributed by atoms with van der Waals surface area (Å²) in [5, 5.41) is 30.1. The van der Waals surface area contributed by atoms with Gasteiger partial charge in [-0.1, -0.05) is 18.2 Å². The van der Waals surface area contributed by atoms with E-state index in [1.54, 1.807) is 6.07 Å². The van der Waals surface area contributed by atoms with Gasteiger partial charge in [-0.05, 0) is 18.9 Å². The molecule has 3 rings (SSSR count). The molecule has 1 saturated carbocycles. The van der Waals surface area contributed by atoms with Crippen LogP contribution in [0.25, 0.3) is 10.9 Å². The number of benzene rings is 1. The van der Waals surface area contributed by atoms with E-state index in [9.17, 15) is 15.0 Å². The minimum absolute atomic E-state index is 0.0833. The van der Waals surface area contributed by atoms with Gasteiger partial charge in [0.05, 0.1) is 17.3 Å². The van der Waals surface area contributed by atoms with Crippen molar-refractivity contribution in [1.82, 2.24) is 10.2 Å². The third kappa shape index (κ3) is 2.10. The fraction of sp³-hybridized carbons (Fsp3) is 0.308. The first kappa shape index (κ1) is 11.9. The first-order chi connectivity index (χ1) is 9.15. The quantitative estimate of drug-likeness (QED) is 0.768. The summed E-state index contributed by atoms with van der Waals surface area (Å²) < 4.78 is 0. The Morgan fingerprint density at radius 3 is 2.68 bits per heavy atom. The van der Waals surface area contributed by atoms with Crippen molar-refractivity contribution in [2.24, 2.45) is 0 Å². The van der Waals surface area contributed by atoms with Gasteiger partial charge in [-0.2, -0.15) is 0 Å². The molecule has 1 aliphatic rings. The van der Waals surface area contributed by atoms with E-state index >= 15 is 0 Å². The monoisotopic (exact) mass is 259 g/mol. The first-order valence-electron chi connectivity index (χ1n) is 6.08. The van der Waals surface area contributed by atoms with Gasteiger partial charge in [0, 0.05) is 11.4 Å². The number of nitrogens with one attached hydrogen (secondary N) is 1. The molecule has 1 aromatic carbocycles. The smallest absolute Gasteiger partial charge is 0.358 e. The van der Waals surface area contributed by atoms with Crippen LogP contribution in [0.5, 0.6) is 0 Å². The van der Waals surface area contributed by atoms with Crippen molar-refractivity contribution >= 4 is 22.6 Å². The molecule has 6 heteroatoms.